The molecule has 1 aliphatic rings. The van der Waals surface area contributed by atoms with Gasteiger partial charge >= 0.3 is 0 Å². The molecule has 1 unspecified atom stereocenters. The van der Waals surface area contributed by atoms with Crippen molar-refractivity contribution in [3.63, 3.8) is 0 Å². The lowest BCUT2D eigenvalue weighted by Gasteiger charge is -2.21. The van der Waals surface area contributed by atoms with Crippen LogP contribution in [0.2, 0.25) is 0 Å². The van der Waals surface area contributed by atoms with Gasteiger partial charge in [-0.2, -0.15) is 0 Å². The minimum absolute atomic E-state index is 0.0480. The number of ether oxygens (including phenoxy) is 3. The van der Waals surface area contributed by atoms with E-state index in [0.29, 0.717) is 13.2 Å². The van der Waals surface area contributed by atoms with Crippen molar-refractivity contribution in [3.05, 3.63) is 0 Å². The van der Waals surface area contributed by atoms with E-state index in [0.717, 1.165) is 6.54 Å². The number of hydrogen-bond donors (Lipinski definition) is 1. The second kappa shape index (κ2) is 5.60. The number of hydrogen-bond acceptors (Lipinski definition) is 4. The fourth-order valence-corrected chi connectivity index (χ4v) is 1.41. The van der Waals surface area contributed by atoms with Crippen molar-refractivity contribution in [1.29, 1.82) is 0 Å². The lowest BCUT2D eigenvalue weighted by molar-refractivity contribution is 0.0711. The summed E-state index contributed by atoms with van der Waals surface area (Å²) < 4.78 is 15.4. The van der Waals surface area contributed by atoms with Crippen LogP contribution in [0.4, 0.5) is 0 Å². The average molecular weight is 185 g/mol. The predicted octanol–water partition coefficient (Wildman–Crippen LogP) is -0.869. The summed E-state index contributed by atoms with van der Waals surface area (Å²) in [7, 11) is 9.05. The molecule has 0 saturated carbocycles. The Morgan fingerprint density at radius 2 is 2.31 bits per heavy atom. The average Bonchev–Trinajstić information content (AvgIpc) is 2.48. The molecule has 0 aromatic carbocycles. The van der Waals surface area contributed by atoms with Crippen LogP contribution in [-0.2, 0) is 14.2 Å². The molecule has 0 amide bonds. The highest BCUT2D eigenvalue weighted by molar-refractivity contribution is 6.11. The zero-order valence-corrected chi connectivity index (χ0v) is 8.16. The van der Waals surface area contributed by atoms with E-state index in [4.69, 9.17) is 22.1 Å². The summed E-state index contributed by atoms with van der Waals surface area (Å²) in [5.41, 5.74) is 0. The molecule has 1 saturated heterocycles. The largest absolute Gasteiger partial charge is 0.384 e. The van der Waals surface area contributed by atoms with E-state index in [1.54, 1.807) is 14.2 Å². The molecule has 0 bridgehead atoms. The molecule has 1 N–H and O–H groups in total. The minimum Gasteiger partial charge on any atom is -0.384 e. The lowest BCUT2D eigenvalue weighted by Crippen LogP contribution is -2.45. The zero-order valence-electron chi connectivity index (χ0n) is 8.16. The molecular weight excluding hydrogens is 169 g/mol. The van der Waals surface area contributed by atoms with Gasteiger partial charge in [-0.3, -0.25) is 0 Å². The summed E-state index contributed by atoms with van der Waals surface area (Å²) in [6.07, 6.45) is 0.0480. The maximum Gasteiger partial charge on any atom is 0.111 e. The first kappa shape index (κ1) is 11.0. The fourth-order valence-electron chi connectivity index (χ4n) is 1.41. The minimum atomic E-state index is -0.276. The van der Waals surface area contributed by atoms with Crippen LogP contribution in [-0.4, -0.2) is 60.0 Å². The van der Waals surface area contributed by atoms with Gasteiger partial charge in [-0.25, -0.2) is 0 Å². The second-order valence-electron chi connectivity index (χ2n) is 3.04. The summed E-state index contributed by atoms with van der Waals surface area (Å²) >= 11 is 0. The first-order chi connectivity index (χ1) is 6.29. The van der Waals surface area contributed by atoms with Gasteiger partial charge in [0.15, 0.2) is 0 Å². The molecule has 1 heterocycles. The number of nitrogens with one attached hydrogen (secondary N) is 1. The van der Waals surface area contributed by atoms with E-state index >= 15 is 0 Å². The SMILES string of the molecule is [B][C@@H]1OC[C@@H](OC)C1NCCOC. The van der Waals surface area contributed by atoms with Crippen LogP contribution >= 0.6 is 0 Å². The monoisotopic (exact) mass is 185 g/mol. The summed E-state index contributed by atoms with van der Waals surface area (Å²) in [5.74, 6) is 0. The molecule has 0 spiro atoms. The molecule has 1 rings (SSSR count). The van der Waals surface area contributed by atoms with Gasteiger partial charge in [-0.1, -0.05) is 0 Å². The highest BCUT2D eigenvalue weighted by Gasteiger charge is 2.33. The quantitative estimate of drug-likeness (QED) is 0.446. The van der Waals surface area contributed by atoms with Crippen LogP contribution < -0.4 is 5.32 Å². The highest BCUT2D eigenvalue weighted by Crippen LogP contribution is 2.13. The third-order valence-electron chi connectivity index (χ3n) is 2.20. The van der Waals surface area contributed by atoms with Gasteiger partial charge < -0.3 is 19.5 Å². The number of methoxy groups -OCH3 is 2. The van der Waals surface area contributed by atoms with Crippen molar-refractivity contribution in [2.24, 2.45) is 0 Å². The van der Waals surface area contributed by atoms with Crippen LogP contribution in [0.1, 0.15) is 0 Å². The fraction of sp³-hybridized carbons (Fsp3) is 1.00. The molecule has 0 aliphatic carbocycles. The van der Waals surface area contributed by atoms with Crippen LogP contribution in [0.25, 0.3) is 0 Å². The second-order valence-corrected chi connectivity index (χ2v) is 3.04. The van der Waals surface area contributed by atoms with Crippen LogP contribution in [0, 0.1) is 0 Å². The summed E-state index contributed by atoms with van der Waals surface area (Å²) in [4.78, 5) is 0. The van der Waals surface area contributed by atoms with Crippen molar-refractivity contribution in [3.8, 4) is 0 Å². The van der Waals surface area contributed by atoms with Gasteiger partial charge in [-0.05, 0) is 0 Å². The van der Waals surface area contributed by atoms with E-state index in [1.807, 2.05) is 0 Å². The van der Waals surface area contributed by atoms with Gasteiger partial charge in [0.2, 0.25) is 0 Å². The van der Waals surface area contributed by atoms with E-state index < -0.39 is 0 Å². The first-order valence-electron chi connectivity index (χ1n) is 4.42. The Balaban J connectivity index is 2.27. The molecule has 13 heavy (non-hydrogen) atoms. The predicted molar refractivity (Wildman–Crippen MR) is 50.0 cm³/mol. The Bertz CT molecular complexity index is 147. The Morgan fingerprint density at radius 1 is 1.54 bits per heavy atom. The third-order valence-corrected chi connectivity index (χ3v) is 2.20. The zero-order chi connectivity index (χ0) is 9.68. The normalized spacial score (nSPS) is 33.8. The Morgan fingerprint density at radius 3 is 2.92 bits per heavy atom. The van der Waals surface area contributed by atoms with Crippen LogP contribution in [0.5, 0.6) is 0 Å². The Labute approximate surface area is 80.3 Å². The van der Waals surface area contributed by atoms with Crippen molar-refractivity contribution in [1.82, 2.24) is 5.32 Å². The third kappa shape index (κ3) is 2.95. The van der Waals surface area contributed by atoms with Crippen molar-refractivity contribution >= 4 is 7.85 Å². The Kier molecular flexibility index (Phi) is 4.73. The van der Waals surface area contributed by atoms with Crippen molar-refractivity contribution in [2.75, 3.05) is 34.0 Å². The maximum atomic E-state index is 5.72. The van der Waals surface area contributed by atoms with Gasteiger partial charge in [0, 0.05) is 26.8 Å². The standard InChI is InChI=1S/C8H16BNO3/c1-11-4-3-10-7-6(12-2)5-13-8(7)9/h6-8,10H,3-5H2,1-2H3/t6-,7?,8-/m1/s1. The molecule has 5 heteroatoms. The summed E-state index contributed by atoms with van der Waals surface area (Å²) in [5, 5.41) is 3.23. The van der Waals surface area contributed by atoms with Gasteiger partial charge in [-0.15, -0.1) is 0 Å². The summed E-state index contributed by atoms with van der Waals surface area (Å²) in [6, 6.07) is -0.207. The molecule has 0 aromatic rings. The van der Waals surface area contributed by atoms with Crippen LogP contribution in [0.15, 0.2) is 0 Å². The van der Waals surface area contributed by atoms with E-state index in [9.17, 15) is 0 Å². The Hall–Kier alpha value is -0.0951. The molecule has 4 nitrogen and oxygen atoms in total. The van der Waals surface area contributed by atoms with E-state index in [2.05, 4.69) is 5.32 Å². The number of rotatable bonds is 5. The highest BCUT2D eigenvalue weighted by atomic mass is 16.5. The molecule has 74 valence electrons. The van der Waals surface area contributed by atoms with E-state index in [-0.39, 0.29) is 18.1 Å². The maximum absolute atomic E-state index is 5.72. The lowest BCUT2D eigenvalue weighted by atomic mass is 9.91. The molecule has 1 aliphatic heterocycles. The molecule has 1 fully saturated rings. The van der Waals surface area contributed by atoms with Gasteiger partial charge in [0.1, 0.15) is 7.85 Å². The van der Waals surface area contributed by atoms with E-state index in [1.165, 1.54) is 0 Å². The smallest absolute Gasteiger partial charge is 0.111 e. The van der Waals surface area contributed by atoms with Gasteiger partial charge in [0.25, 0.3) is 0 Å². The van der Waals surface area contributed by atoms with Crippen molar-refractivity contribution < 1.29 is 14.2 Å². The molecule has 0 aromatic heterocycles. The first-order valence-corrected chi connectivity index (χ1v) is 4.42. The molecule has 2 radical (unpaired) electrons. The molecule has 3 atom stereocenters. The van der Waals surface area contributed by atoms with Gasteiger partial charge in [0.05, 0.1) is 25.4 Å². The molecular formula is C8H16BNO3. The van der Waals surface area contributed by atoms with Crippen molar-refractivity contribution in [2.45, 2.75) is 18.1 Å². The summed E-state index contributed by atoms with van der Waals surface area (Å²) in [6.45, 7) is 1.99. The topological polar surface area (TPSA) is 39.7 Å². The van der Waals surface area contributed by atoms with Crippen LogP contribution in [0.3, 0.4) is 0 Å².